The first-order valence-corrected chi connectivity index (χ1v) is 16.7. The van der Waals surface area contributed by atoms with Gasteiger partial charge in [0.1, 0.15) is 6.04 Å². The van der Waals surface area contributed by atoms with Gasteiger partial charge in [-0.25, -0.2) is 9.59 Å². The molecule has 4 aliphatic rings. The van der Waals surface area contributed by atoms with Gasteiger partial charge in [-0.05, 0) is 87.4 Å². The van der Waals surface area contributed by atoms with Gasteiger partial charge in [0.05, 0.1) is 0 Å². The first kappa shape index (κ1) is 30.7. The number of rotatable bonds is 6. The van der Waals surface area contributed by atoms with E-state index in [1.165, 1.54) is 32.4 Å². The average Bonchev–Trinajstić information content (AvgIpc) is 3.06. The van der Waals surface area contributed by atoms with Crippen LogP contribution in [0.2, 0.25) is 5.02 Å². The molecule has 3 fully saturated rings. The van der Waals surface area contributed by atoms with Crippen LogP contribution in [0.25, 0.3) is 0 Å². The molecule has 236 valence electrons. The van der Waals surface area contributed by atoms with Gasteiger partial charge < -0.3 is 30.2 Å². The maximum atomic E-state index is 14.0. The number of likely N-dealkylation sites (tertiary alicyclic amines) is 3. The van der Waals surface area contributed by atoms with Crippen LogP contribution in [0.1, 0.15) is 61.6 Å². The quantitative estimate of drug-likeness (QED) is 0.461. The summed E-state index contributed by atoms with van der Waals surface area (Å²) >= 11 is 6.28. The van der Waals surface area contributed by atoms with E-state index in [-0.39, 0.29) is 24.0 Å². The number of amides is 5. The van der Waals surface area contributed by atoms with Crippen molar-refractivity contribution in [3.63, 3.8) is 0 Å². The second-order valence-corrected chi connectivity index (χ2v) is 13.3. The van der Waals surface area contributed by atoms with Crippen LogP contribution in [0.3, 0.4) is 0 Å². The Balaban J connectivity index is 1.08. The molecule has 5 amide bonds. The van der Waals surface area contributed by atoms with Crippen molar-refractivity contribution in [2.75, 3.05) is 44.6 Å². The normalized spacial score (nSPS) is 21.0. The zero-order valence-corrected chi connectivity index (χ0v) is 26.5. The van der Waals surface area contributed by atoms with Gasteiger partial charge in [-0.1, -0.05) is 48.4 Å². The van der Waals surface area contributed by atoms with E-state index in [1.807, 2.05) is 59.2 Å². The Hall–Kier alpha value is -3.30. The maximum Gasteiger partial charge on any atom is 0.322 e. The molecule has 0 radical (unpaired) electrons. The van der Waals surface area contributed by atoms with Crippen molar-refractivity contribution < 1.29 is 14.4 Å². The second-order valence-electron chi connectivity index (χ2n) is 12.9. The molecule has 1 atom stereocenters. The molecule has 2 aromatic rings. The molecule has 0 aromatic heterocycles. The van der Waals surface area contributed by atoms with Gasteiger partial charge in [-0.15, -0.1) is 0 Å². The lowest BCUT2D eigenvalue weighted by molar-refractivity contribution is -0.134. The lowest BCUT2D eigenvalue weighted by atomic mass is 9.98. The van der Waals surface area contributed by atoms with Crippen molar-refractivity contribution >= 4 is 35.3 Å². The average molecular weight is 621 g/mol. The summed E-state index contributed by atoms with van der Waals surface area (Å²) < 4.78 is 0. The third kappa shape index (κ3) is 6.99. The smallest absolute Gasteiger partial charge is 0.322 e. The predicted octanol–water partition coefficient (Wildman–Crippen LogP) is 5.26. The Bertz CT molecular complexity index is 1350. The number of halogens is 1. The third-order valence-corrected chi connectivity index (χ3v) is 10.4. The van der Waals surface area contributed by atoms with Crippen molar-refractivity contribution in [1.82, 2.24) is 24.9 Å². The number of nitrogens with zero attached hydrogens (tertiary/aromatic N) is 4. The number of anilines is 1. The number of carbonyl (C=O) groups excluding carboxylic acids is 3. The Labute approximate surface area is 265 Å². The molecule has 0 bridgehead atoms. The van der Waals surface area contributed by atoms with Gasteiger partial charge in [0.15, 0.2) is 0 Å². The number of carbonyl (C=O) groups is 3. The summed E-state index contributed by atoms with van der Waals surface area (Å²) in [6.45, 7) is 7.37. The van der Waals surface area contributed by atoms with Crippen LogP contribution in [0.5, 0.6) is 0 Å². The van der Waals surface area contributed by atoms with Gasteiger partial charge in [-0.3, -0.25) is 4.79 Å². The molecular weight excluding hydrogens is 576 g/mol. The number of hydrogen-bond acceptors (Lipinski definition) is 4. The van der Waals surface area contributed by atoms with Crippen LogP contribution >= 0.6 is 11.6 Å². The van der Waals surface area contributed by atoms with Gasteiger partial charge in [0, 0.05) is 61.9 Å². The zero-order chi connectivity index (χ0) is 30.6. The number of urea groups is 2. The molecule has 4 heterocycles. The first-order chi connectivity index (χ1) is 21.4. The monoisotopic (exact) mass is 620 g/mol. The fraction of sp³-hybridized carbons (Fsp3) is 0.559. The summed E-state index contributed by atoms with van der Waals surface area (Å²) in [6.07, 6.45) is 7.62. The molecular formula is C34H45ClN6O3. The van der Waals surface area contributed by atoms with Crippen molar-refractivity contribution in [2.45, 2.75) is 83.0 Å². The van der Waals surface area contributed by atoms with Crippen LogP contribution in [0.4, 0.5) is 15.3 Å². The predicted molar refractivity (Wildman–Crippen MR) is 173 cm³/mol. The summed E-state index contributed by atoms with van der Waals surface area (Å²) in [6, 6.07) is 13.3. The van der Waals surface area contributed by atoms with E-state index in [0.717, 1.165) is 48.3 Å². The topological polar surface area (TPSA) is 88.2 Å². The van der Waals surface area contributed by atoms with Crippen LogP contribution < -0.4 is 10.6 Å². The molecule has 2 aromatic carbocycles. The molecule has 44 heavy (non-hydrogen) atoms. The zero-order valence-electron chi connectivity index (χ0n) is 25.8. The highest BCUT2D eigenvalue weighted by Gasteiger charge is 2.35. The molecule has 4 aliphatic heterocycles. The Kier molecular flexibility index (Phi) is 9.62. The summed E-state index contributed by atoms with van der Waals surface area (Å²) in [5, 5.41) is 6.81. The van der Waals surface area contributed by atoms with Crippen LogP contribution in [0.15, 0.2) is 42.5 Å². The van der Waals surface area contributed by atoms with E-state index < -0.39 is 6.04 Å². The van der Waals surface area contributed by atoms with Crippen molar-refractivity contribution in [1.29, 1.82) is 0 Å². The Morgan fingerprint density at radius 3 is 2.32 bits per heavy atom. The third-order valence-electron chi connectivity index (χ3n) is 9.99. The Morgan fingerprint density at radius 1 is 0.909 bits per heavy atom. The molecule has 0 saturated carbocycles. The number of para-hydroxylation sites is 1. The summed E-state index contributed by atoms with van der Waals surface area (Å²) in [5.41, 5.74) is 3.90. The SMILES string of the molecule is Cc1cc(CC(NC(=O)N2CCC(N3Cc4ccccc4NC3=O)CC2)C(=O)N2CCC(N3CCCCC3)CC2)ccc1Cl. The van der Waals surface area contributed by atoms with E-state index in [1.54, 1.807) is 4.90 Å². The van der Waals surface area contributed by atoms with Crippen LogP contribution in [-0.2, 0) is 17.8 Å². The minimum Gasteiger partial charge on any atom is -0.341 e. The van der Waals surface area contributed by atoms with Crippen molar-refractivity contribution in [3.05, 3.63) is 64.2 Å². The van der Waals surface area contributed by atoms with Gasteiger partial charge in [-0.2, -0.15) is 0 Å². The maximum absolute atomic E-state index is 14.0. The van der Waals surface area contributed by atoms with Gasteiger partial charge in [0.2, 0.25) is 5.91 Å². The number of fused-ring (bicyclic) bond motifs is 1. The Morgan fingerprint density at radius 2 is 1.59 bits per heavy atom. The number of benzene rings is 2. The summed E-state index contributed by atoms with van der Waals surface area (Å²) in [7, 11) is 0. The molecule has 3 saturated heterocycles. The van der Waals surface area contributed by atoms with E-state index >= 15 is 0 Å². The molecule has 10 heteroatoms. The summed E-state index contributed by atoms with van der Waals surface area (Å²) in [5.74, 6) is -0.0124. The highest BCUT2D eigenvalue weighted by molar-refractivity contribution is 6.31. The number of nitrogens with one attached hydrogen (secondary N) is 2. The van der Waals surface area contributed by atoms with Crippen molar-refractivity contribution in [3.8, 4) is 0 Å². The van der Waals surface area contributed by atoms with Crippen LogP contribution in [-0.4, -0.2) is 95.0 Å². The van der Waals surface area contributed by atoms with E-state index in [4.69, 9.17) is 11.6 Å². The van der Waals surface area contributed by atoms with Crippen LogP contribution in [0, 0.1) is 6.92 Å². The number of hydrogen-bond donors (Lipinski definition) is 2. The lowest BCUT2D eigenvalue weighted by Crippen LogP contribution is -2.57. The minimum absolute atomic E-state index is 0.0124. The highest BCUT2D eigenvalue weighted by atomic mass is 35.5. The van der Waals surface area contributed by atoms with Gasteiger partial charge >= 0.3 is 12.1 Å². The first-order valence-electron chi connectivity index (χ1n) is 16.3. The fourth-order valence-electron chi connectivity index (χ4n) is 7.36. The van der Waals surface area contributed by atoms with E-state index in [0.29, 0.717) is 50.0 Å². The van der Waals surface area contributed by atoms with E-state index in [2.05, 4.69) is 15.5 Å². The number of aryl methyl sites for hydroxylation is 1. The molecule has 2 N–H and O–H groups in total. The molecule has 0 aliphatic carbocycles. The molecule has 1 unspecified atom stereocenters. The number of piperidine rings is 3. The summed E-state index contributed by atoms with van der Waals surface area (Å²) in [4.78, 5) is 48.6. The largest absolute Gasteiger partial charge is 0.341 e. The second kappa shape index (κ2) is 13.8. The van der Waals surface area contributed by atoms with Gasteiger partial charge in [0.25, 0.3) is 0 Å². The van der Waals surface area contributed by atoms with E-state index in [9.17, 15) is 14.4 Å². The standard InChI is InChI=1S/C34H45ClN6O3/c1-24-21-25(9-10-29(24)35)22-31(32(42)39-17-11-27(12-18-39)38-15-5-2-6-16-38)37-33(43)40-19-13-28(14-20-40)41-23-26-7-3-4-8-30(26)36-34(41)44/h3-4,7-10,21,27-28,31H,2,5-6,11-20,22-23H2,1H3,(H,36,44)(H,37,43). The highest BCUT2D eigenvalue weighted by Crippen LogP contribution is 2.28. The van der Waals surface area contributed by atoms with Crippen molar-refractivity contribution in [2.24, 2.45) is 0 Å². The fourth-order valence-corrected chi connectivity index (χ4v) is 7.48. The molecule has 9 nitrogen and oxygen atoms in total. The minimum atomic E-state index is -0.656. The molecule has 0 spiro atoms. The molecule has 6 rings (SSSR count). The lowest BCUT2D eigenvalue weighted by Gasteiger charge is -2.42.